The number of hydrogen-bond acceptors (Lipinski definition) is 3. The number of imidazole rings is 1. The number of ether oxygens (including phenoxy) is 1. The normalized spacial score (nSPS) is 21.7. The van der Waals surface area contributed by atoms with E-state index in [1.54, 1.807) is 12.4 Å². The fourth-order valence-corrected chi connectivity index (χ4v) is 2.90. The predicted octanol–water partition coefficient (Wildman–Crippen LogP) is 2.66. The van der Waals surface area contributed by atoms with Crippen molar-refractivity contribution in [3.63, 3.8) is 0 Å². The van der Waals surface area contributed by atoms with Crippen LogP contribution in [0, 0.1) is 5.82 Å². The van der Waals surface area contributed by atoms with Gasteiger partial charge in [0.05, 0.1) is 12.9 Å². The highest BCUT2D eigenvalue weighted by molar-refractivity contribution is 5.41. The summed E-state index contributed by atoms with van der Waals surface area (Å²) in [4.78, 5) is 4.26. The molecule has 5 heteroatoms. The summed E-state index contributed by atoms with van der Waals surface area (Å²) in [5.41, 5.74) is 1.92. The van der Waals surface area contributed by atoms with Gasteiger partial charge in [0, 0.05) is 35.6 Å². The monoisotopic (exact) mass is 289 g/mol. The van der Waals surface area contributed by atoms with Crippen molar-refractivity contribution in [2.75, 3.05) is 19.7 Å². The summed E-state index contributed by atoms with van der Waals surface area (Å²) in [6.07, 6.45) is 4.67. The molecule has 0 amide bonds. The van der Waals surface area contributed by atoms with E-state index in [0.29, 0.717) is 6.61 Å². The fourth-order valence-electron chi connectivity index (χ4n) is 2.90. The first-order valence-electron chi connectivity index (χ1n) is 7.30. The molecule has 1 fully saturated rings. The van der Waals surface area contributed by atoms with E-state index in [2.05, 4.69) is 17.2 Å². The molecule has 1 atom stereocenters. The zero-order valence-electron chi connectivity index (χ0n) is 12.4. The Balaban J connectivity index is 1.98. The molecule has 2 heterocycles. The van der Waals surface area contributed by atoms with Gasteiger partial charge < -0.3 is 14.6 Å². The van der Waals surface area contributed by atoms with Crippen LogP contribution < -0.4 is 10.1 Å². The molecular formula is C16H20FN3O. The Labute approximate surface area is 124 Å². The molecule has 1 N–H and O–H groups in total. The van der Waals surface area contributed by atoms with Crippen LogP contribution in [-0.2, 0) is 5.41 Å². The summed E-state index contributed by atoms with van der Waals surface area (Å²) in [5, 5.41) is 3.38. The zero-order valence-corrected chi connectivity index (χ0v) is 12.4. The summed E-state index contributed by atoms with van der Waals surface area (Å²) in [7, 11) is 0. The zero-order chi connectivity index (χ0) is 14.9. The molecule has 3 rings (SSSR count). The molecule has 0 spiro atoms. The van der Waals surface area contributed by atoms with E-state index in [-0.39, 0.29) is 17.0 Å². The van der Waals surface area contributed by atoms with Crippen LogP contribution in [0.1, 0.15) is 26.0 Å². The standard InChI is InChI=1S/C16H20FN3O/c1-3-21-14-5-4-12(8-13(14)17)20-11-19-9-15(20)16(2)6-7-18-10-16/h4-5,8-9,11,18H,3,6-7,10H2,1-2H3. The van der Waals surface area contributed by atoms with Crippen molar-refractivity contribution in [3.05, 3.63) is 42.2 Å². The molecule has 4 nitrogen and oxygen atoms in total. The lowest BCUT2D eigenvalue weighted by Gasteiger charge is -2.24. The lowest BCUT2D eigenvalue weighted by atomic mass is 9.86. The Bertz CT molecular complexity index is 632. The third-order valence-electron chi connectivity index (χ3n) is 4.12. The molecule has 1 saturated heterocycles. The van der Waals surface area contributed by atoms with Gasteiger partial charge in [-0.3, -0.25) is 0 Å². The molecule has 1 aromatic carbocycles. The van der Waals surface area contributed by atoms with Gasteiger partial charge in [0.25, 0.3) is 0 Å². The quantitative estimate of drug-likeness (QED) is 0.940. The van der Waals surface area contributed by atoms with E-state index in [9.17, 15) is 4.39 Å². The van der Waals surface area contributed by atoms with Crippen molar-refractivity contribution in [1.29, 1.82) is 0 Å². The molecule has 21 heavy (non-hydrogen) atoms. The third-order valence-corrected chi connectivity index (χ3v) is 4.12. The SMILES string of the molecule is CCOc1ccc(-n2cncc2C2(C)CCNC2)cc1F. The summed E-state index contributed by atoms with van der Waals surface area (Å²) in [6.45, 7) is 6.43. The molecule has 1 unspecified atom stereocenters. The first-order valence-corrected chi connectivity index (χ1v) is 7.30. The van der Waals surface area contributed by atoms with E-state index in [1.165, 1.54) is 6.07 Å². The Morgan fingerprint density at radius 3 is 3.00 bits per heavy atom. The lowest BCUT2D eigenvalue weighted by molar-refractivity contribution is 0.321. The number of rotatable bonds is 4. The predicted molar refractivity (Wildman–Crippen MR) is 79.5 cm³/mol. The Morgan fingerprint density at radius 1 is 1.48 bits per heavy atom. The first kappa shape index (κ1) is 14.1. The van der Waals surface area contributed by atoms with Crippen molar-refractivity contribution in [2.45, 2.75) is 25.7 Å². The van der Waals surface area contributed by atoms with Crippen molar-refractivity contribution in [3.8, 4) is 11.4 Å². The molecule has 1 aromatic heterocycles. The highest BCUT2D eigenvalue weighted by atomic mass is 19.1. The van der Waals surface area contributed by atoms with Gasteiger partial charge in [-0.05, 0) is 32.0 Å². The molecule has 0 saturated carbocycles. The second kappa shape index (κ2) is 5.48. The second-order valence-corrected chi connectivity index (χ2v) is 5.68. The molecule has 1 aliphatic rings. The number of hydrogen-bond donors (Lipinski definition) is 1. The molecule has 0 bridgehead atoms. The van der Waals surface area contributed by atoms with Crippen LogP contribution in [0.3, 0.4) is 0 Å². The van der Waals surface area contributed by atoms with Crippen LogP contribution in [0.5, 0.6) is 5.75 Å². The van der Waals surface area contributed by atoms with E-state index in [4.69, 9.17) is 4.74 Å². The van der Waals surface area contributed by atoms with E-state index < -0.39 is 0 Å². The molecular weight excluding hydrogens is 269 g/mol. The number of benzene rings is 1. The van der Waals surface area contributed by atoms with Gasteiger partial charge in [0.1, 0.15) is 0 Å². The average molecular weight is 289 g/mol. The third kappa shape index (κ3) is 2.53. The molecule has 112 valence electrons. The Kier molecular flexibility index (Phi) is 3.68. The molecule has 0 radical (unpaired) electrons. The fraction of sp³-hybridized carbons (Fsp3) is 0.438. The minimum absolute atomic E-state index is 0.0333. The molecule has 1 aliphatic heterocycles. The maximum atomic E-state index is 14.1. The highest BCUT2D eigenvalue weighted by Crippen LogP contribution is 2.32. The highest BCUT2D eigenvalue weighted by Gasteiger charge is 2.33. The van der Waals surface area contributed by atoms with Crippen molar-refractivity contribution < 1.29 is 9.13 Å². The van der Waals surface area contributed by atoms with Gasteiger partial charge >= 0.3 is 0 Å². The Hall–Kier alpha value is -1.88. The van der Waals surface area contributed by atoms with Gasteiger partial charge in [0.2, 0.25) is 0 Å². The summed E-state index contributed by atoms with van der Waals surface area (Å²) in [6, 6.07) is 5.04. The van der Waals surface area contributed by atoms with E-state index in [1.807, 2.05) is 23.8 Å². The number of nitrogens with one attached hydrogen (secondary N) is 1. The van der Waals surface area contributed by atoms with Gasteiger partial charge in [-0.2, -0.15) is 0 Å². The summed E-state index contributed by atoms with van der Waals surface area (Å²) < 4.78 is 21.3. The van der Waals surface area contributed by atoms with Crippen molar-refractivity contribution in [1.82, 2.24) is 14.9 Å². The van der Waals surface area contributed by atoms with Gasteiger partial charge in [-0.25, -0.2) is 9.37 Å². The van der Waals surface area contributed by atoms with Gasteiger partial charge in [0.15, 0.2) is 11.6 Å². The molecule has 2 aromatic rings. The minimum atomic E-state index is -0.344. The number of aromatic nitrogens is 2. The number of halogens is 1. The maximum absolute atomic E-state index is 14.1. The van der Waals surface area contributed by atoms with Crippen molar-refractivity contribution >= 4 is 0 Å². The van der Waals surface area contributed by atoms with Crippen LogP contribution in [0.25, 0.3) is 5.69 Å². The minimum Gasteiger partial charge on any atom is -0.491 e. The molecule has 0 aliphatic carbocycles. The Morgan fingerprint density at radius 2 is 2.33 bits per heavy atom. The maximum Gasteiger partial charge on any atom is 0.167 e. The second-order valence-electron chi connectivity index (χ2n) is 5.68. The largest absolute Gasteiger partial charge is 0.491 e. The smallest absolute Gasteiger partial charge is 0.167 e. The van der Waals surface area contributed by atoms with Crippen molar-refractivity contribution in [2.24, 2.45) is 0 Å². The lowest BCUT2D eigenvalue weighted by Crippen LogP contribution is -2.27. The first-order chi connectivity index (χ1) is 10.1. The van der Waals surface area contributed by atoms with Gasteiger partial charge in [-0.15, -0.1) is 0 Å². The van der Waals surface area contributed by atoms with Crippen LogP contribution in [-0.4, -0.2) is 29.2 Å². The van der Waals surface area contributed by atoms with Crippen LogP contribution in [0.2, 0.25) is 0 Å². The number of nitrogens with zero attached hydrogens (tertiary/aromatic N) is 2. The van der Waals surface area contributed by atoms with E-state index in [0.717, 1.165) is 30.9 Å². The summed E-state index contributed by atoms with van der Waals surface area (Å²) >= 11 is 0. The average Bonchev–Trinajstić information content (AvgIpc) is 3.11. The van der Waals surface area contributed by atoms with Crippen LogP contribution >= 0.6 is 0 Å². The summed E-state index contributed by atoms with van der Waals surface area (Å²) in [5.74, 6) is -0.0552. The van der Waals surface area contributed by atoms with Crippen LogP contribution in [0.15, 0.2) is 30.7 Å². The van der Waals surface area contributed by atoms with Crippen LogP contribution in [0.4, 0.5) is 4.39 Å². The van der Waals surface area contributed by atoms with E-state index >= 15 is 0 Å². The topological polar surface area (TPSA) is 39.1 Å². The van der Waals surface area contributed by atoms with Gasteiger partial charge in [-0.1, -0.05) is 6.92 Å².